The lowest BCUT2D eigenvalue weighted by atomic mass is 9.92. The van der Waals surface area contributed by atoms with E-state index in [-0.39, 0.29) is 18.5 Å². The third-order valence-electron chi connectivity index (χ3n) is 6.33. The Morgan fingerprint density at radius 1 is 1.06 bits per heavy atom. The number of ether oxygens (including phenoxy) is 1. The van der Waals surface area contributed by atoms with Gasteiger partial charge in [-0.2, -0.15) is 0 Å². The van der Waals surface area contributed by atoms with Crippen LogP contribution in [-0.2, 0) is 4.79 Å². The first-order chi connectivity index (χ1) is 16.6. The minimum Gasteiger partial charge on any atom is -0.497 e. The van der Waals surface area contributed by atoms with E-state index in [0.717, 1.165) is 64.6 Å². The number of benzene rings is 3. The number of fused-ring (bicyclic) bond motifs is 1. The molecule has 7 heteroatoms. The summed E-state index contributed by atoms with van der Waals surface area (Å²) in [5, 5.41) is 3.32. The maximum absolute atomic E-state index is 13.5. The van der Waals surface area contributed by atoms with Crippen LogP contribution in [0.1, 0.15) is 22.7 Å². The van der Waals surface area contributed by atoms with E-state index >= 15 is 0 Å². The second-order valence-corrected chi connectivity index (χ2v) is 9.35. The molecule has 1 amide bonds. The highest BCUT2D eigenvalue weighted by Gasteiger charge is 2.34. The van der Waals surface area contributed by atoms with Crippen LogP contribution in [-0.4, -0.2) is 61.4 Å². The number of halogens is 1. The minimum absolute atomic E-state index is 0.113. The van der Waals surface area contributed by atoms with Gasteiger partial charge in [0.1, 0.15) is 11.6 Å². The van der Waals surface area contributed by atoms with Crippen LogP contribution in [0.25, 0.3) is 0 Å². The van der Waals surface area contributed by atoms with Gasteiger partial charge in [0.15, 0.2) is 0 Å². The Labute approximate surface area is 208 Å². The highest BCUT2D eigenvalue weighted by atomic mass is 79.9. The van der Waals surface area contributed by atoms with Crippen molar-refractivity contribution in [3.05, 3.63) is 94.0 Å². The molecular formula is C27H27BrN4O2. The van der Waals surface area contributed by atoms with Crippen LogP contribution in [0, 0.1) is 0 Å². The molecule has 1 fully saturated rings. The van der Waals surface area contributed by atoms with E-state index in [9.17, 15) is 4.79 Å². The molecule has 34 heavy (non-hydrogen) atoms. The van der Waals surface area contributed by atoms with Crippen molar-refractivity contribution in [2.75, 3.05) is 39.8 Å². The van der Waals surface area contributed by atoms with Crippen LogP contribution < -0.4 is 10.1 Å². The molecule has 3 aromatic carbocycles. The number of nitrogens with zero attached hydrogens (tertiary/aromatic N) is 3. The second-order valence-electron chi connectivity index (χ2n) is 8.44. The van der Waals surface area contributed by atoms with Gasteiger partial charge >= 0.3 is 0 Å². The quantitative estimate of drug-likeness (QED) is 0.544. The average molecular weight is 519 g/mol. The Balaban J connectivity index is 1.63. The zero-order valence-corrected chi connectivity index (χ0v) is 20.7. The zero-order chi connectivity index (χ0) is 23.5. The number of nitrogens with one attached hydrogen (secondary N) is 1. The maximum Gasteiger partial charge on any atom is 0.242 e. The van der Waals surface area contributed by atoms with Crippen molar-refractivity contribution in [3.8, 4) is 5.75 Å². The topological polar surface area (TPSA) is 57.2 Å². The van der Waals surface area contributed by atoms with Crippen LogP contribution in [0.4, 0.5) is 5.69 Å². The predicted molar refractivity (Wildman–Crippen MR) is 138 cm³/mol. The first-order valence-electron chi connectivity index (χ1n) is 11.5. The number of carbonyl (C=O) groups excluding carboxylic acids is 1. The summed E-state index contributed by atoms with van der Waals surface area (Å²) >= 11 is 3.64. The fraction of sp³-hybridized carbons (Fsp3) is 0.259. The molecule has 0 aromatic heterocycles. The van der Waals surface area contributed by atoms with E-state index in [0.29, 0.717) is 0 Å². The number of hydrogen-bond donors (Lipinski definition) is 1. The molecular weight excluding hydrogens is 492 g/mol. The molecule has 2 heterocycles. The summed E-state index contributed by atoms with van der Waals surface area (Å²) in [7, 11) is 1.66. The number of amidine groups is 1. The Bertz CT molecular complexity index is 1190. The third kappa shape index (κ3) is 4.58. The lowest BCUT2D eigenvalue weighted by molar-refractivity contribution is -0.132. The van der Waals surface area contributed by atoms with E-state index < -0.39 is 0 Å². The van der Waals surface area contributed by atoms with E-state index in [2.05, 4.69) is 44.3 Å². The summed E-state index contributed by atoms with van der Waals surface area (Å²) in [5.41, 5.74) is 4.05. The molecule has 2 aliphatic heterocycles. The average Bonchev–Trinajstić information content (AvgIpc) is 2.89. The molecule has 0 spiro atoms. The number of aliphatic imine (C=N–C) groups is 1. The molecule has 1 N–H and O–H groups in total. The Morgan fingerprint density at radius 3 is 2.50 bits per heavy atom. The molecule has 5 rings (SSSR count). The summed E-state index contributed by atoms with van der Waals surface area (Å²) in [6.07, 6.45) is 0. The van der Waals surface area contributed by atoms with Crippen LogP contribution >= 0.6 is 15.9 Å². The van der Waals surface area contributed by atoms with Gasteiger partial charge in [0, 0.05) is 41.8 Å². The number of hydrogen-bond acceptors (Lipinski definition) is 5. The van der Waals surface area contributed by atoms with Gasteiger partial charge < -0.3 is 19.9 Å². The molecule has 174 valence electrons. The Kier molecular flexibility index (Phi) is 6.65. The Hall–Kier alpha value is -3.16. The fourth-order valence-electron chi connectivity index (χ4n) is 4.61. The lowest BCUT2D eigenvalue weighted by Gasteiger charge is -2.40. The van der Waals surface area contributed by atoms with Crippen LogP contribution in [0.5, 0.6) is 5.75 Å². The van der Waals surface area contributed by atoms with Crippen LogP contribution in [0.3, 0.4) is 0 Å². The van der Waals surface area contributed by atoms with Crippen molar-refractivity contribution in [3.63, 3.8) is 0 Å². The predicted octanol–water partition coefficient (Wildman–Crippen LogP) is 4.37. The van der Waals surface area contributed by atoms with Crippen LogP contribution in [0.15, 0.2) is 82.3 Å². The normalized spacial score (nSPS) is 17.7. The van der Waals surface area contributed by atoms with Crippen LogP contribution in [0.2, 0.25) is 0 Å². The van der Waals surface area contributed by atoms with E-state index in [4.69, 9.17) is 9.73 Å². The molecule has 2 aliphatic rings. The first kappa shape index (κ1) is 22.6. The maximum atomic E-state index is 13.5. The molecule has 6 nitrogen and oxygen atoms in total. The molecule has 0 saturated carbocycles. The number of rotatable bonds is 5. The van der Waals surface area contributed by atoms with Crippen molar-refractivity contribution in [1.29, 1.82) is 0 Å². The molecule has 1 saturated heterocycles. The number of methoxy groups -OCH3 is 1. The van der Waals surface area contributed by atoms with Gasteiger partial charge in [-0.1, -0.05) is 46.3 Å². The SMILES string of the molecule is COc1ccc(C2=Nc3ccc(Br)cc3C(c3ccccc3)N2CC(=O)N2CCNCC2)cc1. The summed E-state index contributed by atoms with van der Waals surface area (Å²) in [4.78, 5) is 22.6. The lowest BCUT2D eigenvalue weighted by Crippen LogP contribution is -2.51. The molecule has 3 aromatic rings. The van der Waals surface area contributed by atoms with Crippen molar-refractivity contribution >= 4 is 33.4 Å². The Morgan fingerprint density at radius 2 is 1.79 bits per heavy atom. The molecule has 1 unspecified atom stereocenters. The molecule has 1 atom stereocenters. The van der Waals surface area contributed by atoms with E-state index in [1.54, 1.807) is 7.11 Å². The molecule has 0 aliphatic carbocycles. The smallest absolute Gasteiger partial charge is 0.242 e. The standard InChI is InChI=1S/C27H27BrN4O2/c1-34-22-10-7-20(8-11-22)27-30-24-12-9-21(28)17-23(24)26(19-5-3-2-4-6-19)32(27)18-25(33)31-15-13-29-14-16-31/h2-12,17,26,29H,13-16,18H2,1H3. The summed E-state index contributed by atoms with van der Waals surface area (Å²) in [6, 6.07) is 24.2. The van der Waals surface area contributed by atoms with Crippen molar-refractivity contribution in [1.82, 2.24) is 15.1 Å². The van der Waals surface area contributed by atoms with Crippen molar-refractivity contribution in [2.45, 2.75) is 6.04 Å². The summed E-state index contributed by atoms with van der Waals surface area (Å²) in [6.45, 7) is 3.34. The van der Waals surface area contributed by atoms with Gasteiger partial charge in [0.25, 0.3) is 0 Å². The molecule has 0 bridgehead atoms. The highest BCUT2D eigenvalue weighted by Crippen LogP contribution is 2.41. The van der Waals surface area contributed by atoms with Crippen molar-refractivity contribution < 1.29 is 9.53 Å². The zero-order valence-electron chi connectivity index (χ0n) is 19.1. The monoisotopic (exact) mass is 518 g/mol. The fourth-order valence-corrected chi connectivity index (χ4v) is 4.98. The number of piperazine rings is 1. The third-order valence-corrected chi connectivity index (χ3v) is 6.83. The number of carbonyl (C=O) groups is 1. The second kappa shape index (κ2) is 9.99. The van der Waals surface area contributed by atoms with Gasteiger partial charge in [0.05, 0.1) is 25.4 Å². The molecule has 0 radical (unpaired) electrons. The summed E-state index contributed by atoms with van der Waals surface area (Å²) < 4.78 is 6.35. The van der Waals surface area contributed by atoms with Gasteiger partial charge in [-0.3, -0.25) is 4.79 Å². The summed E-state index contributed by atoms with van der Waals surface area (Å²) in [5.74, 6) is 1.68. The van der Waals surface area contributed by atoms with Gasteiger partial charge in [-0.05, 0) is 48.0 Å². The highest BCUT2D eigenvalue weighted by molar-refractivity contribution is 9.10. The van der Waals surface area contributed by atoms with E-state index in [1.807, 2.05) is 59.5 Å². The van der Waals surface area contributed by atoms with Crippen molar-refractivity contribution in [2.24, 2.45) is 4.99 Å². The largest absolute Gasteiger partial charge is 0.497 e. The van der Waals surface area contributed by atoms with Gasteiger partial charge in [-0.25, -0.2) is 4.99 Å². The van der Waals surface area contributed by atoms with Gasteiger partial charge in [-0.15, -0.1) is 0 Å². The minimum atomic E-state index is -0.143. The van der Waals surface area contributed by atoms with E-state index in [1.165, 1.54) is 0 Å². The first-order valence-corrected chi connectivity index (χ1v) is 12.3. The number of amides is 1. The van der Waals surface area contributed by atoms with Gasteiger partial charge in [0.2, 0.25) is 5.91 Å².